The molecule has 0 aliphatic rings. The summed E-state index contributed by atoms with van der Waals surface area (Å²) in [5, 5.41) is 12.9. The van der Waals surface area contributed by atoms with Crippen LogP contribution in [0.15, 0.2) is 0 Å². The molecule has 4 amide bonds. The molecule has 2 atom stereocenters. The van der Waals surface area contributed by atoms with Gasteiger partial charge in [-0.1, -0.05) is 6.92 Å². The van der Waals surface area contributed by atoms with Gasteiger partial charge < -0.3 is 16.2 Å². The maximum atomic E-state index is 11.4. The molecule has 0 radical (unpaired) electrons. The first-order valence-electron chi connectivity index (χ1n) is 5.81. The van der Waals surface area contributed by atoms with Crippen LogP contribution in [0.1, 0.15) is 33.1 Å². The standard InChI is InChI=1S/C11H19N3O5/c1-6(4-10(17)18)3-9(16)14-11(19)13-7(2)5-8(12)15/h6-7H,3-5H2,1-2H3,(H2,12,15)(H,17,18)(H2,13,14,16,19). The smallest absolute Gasteiger partial charge is 0.321 e. The van der Waals surface area contributed by atoms with E-state index in [0.717, 1.165) is 0 Å². The van der Waals surface area contributed by atoms with Crippen LogP contribution in [0.25, 0.3) is 0 Å². The third kappa shape index (κ3) is 9.57. The van der Waals surface area contributed by atoms with Crippen molar-refractivity contribution in [3.05, 3.63) is 0 Å². The van der Waals surface area contributed by atoms with Crippen LogP contribution in [0.4, 0.5) is 4.79 Å². The van der Waals surface area contributed by atoms with Gasteiger partial charge in [0.05, 0.1) is 0 Å². The SMILES string of the molecule is CC(CC(=O)O)CC(=O)NC(=O)NC(C)CC(N)=O. The highest BCUT2D eigenvalue weighted by Gasteiger charge is 2.16. The molecule has 2 unspecified atom stereocenters. The molecular formula is C11H19N3O5. The van der Waals surface area contributed by atoms with E-state index >= 15 is 0 Å². The fraction of sp³-hybridized carbons (Fsp3) is 0.636. The van der Waals surface area contributed by atoms with Crippen LogP contribution in [0.3, 0.4) is 0 Å². The topological polar surface area (TPSA) is 139 Å². The Morgan fingerprint density at radius 1 is 1.11 bits per heavy atom. The van der Waals surface area contributed by atoms with E-state index in [1.165, 1.54) is 0 Å². The number of hydrogen-bond acceptors (Lipinski definition) is 4. The van der Waals surface area contributed by atoms with Crippen molar-refractivity contribution >= 4 is 23.8 Å². The second-order valence-electron chi connectivity index (χ2n) is 4.50. The zero-order valence-corrected chi connectivity index (χ0v) is 10.9. The number of urea groups is 1. The maximum absolute atomic E-state index is 11.4. The summed E-state index contributed by atoms with van der Waals surface area (Å²) in [6, 6.07) is -1.22. The average molecular weight is 273 g/mol. The van der Waals surface area contributed by atoms with Crippen LogP contribution >= 0.6 is 0 Å². The Morgan fingerprint density at radius 3 is 2.16 bits per heavy atom. The van der Waals surface area contributed by atoms with E-state index in [-0.39, 0.29) is 25.2 Å². The van der Waals surface area contributed by atoms with E-state index in [2.05, 4.69) is 10.6 Å². The lowest BCUT2D eigenvalue weighted by molar-refractivity contribution is -0.138. The highest BCUT2D eigenvalue weighted by Crippen LogP contribution is 2.06. The summed E-state index contributed by atoms with van der Waals surface area (Å²) in [5.41, 5.74) is 4.95. The Labute approximate surface area is 110 Å². The molecular weight excluding hydrogens is 254 g/mol. The molecule has 0 aliphatic heterocycles. The highest BCUT2D eigenvalue weighted by atomic mass is 16.4. The second-order valence-corrected chi connectivity index (χ2v) is 4.50. The summed E-state index contributed by atoms with van der Waals surface area (Å²) >= 11 is 0. The maximum Gasteiger partial charge on any atom is 0.321 e. The minimum Gasteiger partial charge on any atom is -0.481 e. The van der Waals surface area contributed by atoms with Crippen LogP contribution in [0, 0.1) is 5.92 Å². The molecule has 0 fully saturated rings. The summed E-state index contributed by atoms with van der Waals surface area (Å²) in [5.74, 6) is -2.50. The molecule has 0 heterocycles. The van der Waals surface area contributed by atoms with Crippen LogP contribution < -0.4 is 16.4 Å². The number of imide groups is 1. The molecule has 19 heavy (non-hydrogen) atoms. The zero-order valence-electron chi connectivity index (χ0n) is 10.9. The summed E-state index contributed by atoms with van der Waals surface area (Å²) in [7, 11) is 0. The molecule has 0 aromatic carbocycles. The van der Waals surface area contributed by atoms with Crippen molar-refractivity contribution in [2.24, 2.45) is 11.7 Å². The van der Waals surface area contributed by atoms with Crippen molar-refractivity contribution in [2.75, 3.05) is 0 Å². The van der Waals surface area contributed by atoms with Crippen molar-refractivity contribution < 1.29 is 24.3 Å². The quantitative estimate of drug-likeness (QED) is 0.499. The van der Waals surface area contributed by atoms with Crippen molar-refractivity contribution in [3.63, 3.8) is 0 Å². The Morgan fingerprint density at radius 2 is 1.68 bits per heavy atom. The van der Waals surface area contributed by atoms with Gasteiger partial charge in [0.2, 0.25) is 11.8 Å². The third-order valence-electron chi connectivity index (χ3n) is 2.19. The summed E-state index contributed by atoms with van der Waals surface area (Å²) in [6.45, 7) is 3.17. The van der Waals surface area contributed by atoms with Gasteiger partial charge >= 0.3 is 12.0 Å². The largest absolute Gasteiger partial charge is 0.481 e. The van der Waals surface area contributed by atoms with Crippen LogP contribution in [0.5, 0.6) is 0 Å². The molecule has 5 N–H and O–H groups in total. The van der Waals surface area contributed by atoms with E-state index < -0.39 is 29.9 Å². The molecule has 0 aliphatic carbocycles. The van der Waals surface area contributed by atoms with Gasteiger partial charge in [0.15, 0.2) is 0 Å². The second kappa shape index (κ2) is 8.06. The van der Waals surface area contributed by atoms with Gasteiger partial charge in [-0.15, -0.1) is 0 Å². The first kappa shape index (κ1) is 16.9. The summed E-state index contributed by atoms with van der Waals surface area (Å²) in [4.78, 5) is 43.7. The van der Waals surface area contributed by atoms with Crippen LogP contribution in [-0.2, 0) is 14.4 Å². The molecule has 0 spiro atoms. The molecule has 0 rings (SSSR count). The average Bonchev–Trinajstić information content (AvgIpc) is 2.12. The molecule has 0 saturated heterocycles. The Bertz CT molecular complexity index is 335. The fourth-order valence-electron chi connectivity index (χ4n) is 1.48. The van der Waals surface area contributed by atoms with Gasteiger partial charge in [-0.2, -0.15) is 0 Å². The number of amides is 4. The lowest BCUT2D eigenvalue weighted by Crippen LogP contribution is -2.45. The Hall–Kier alpha value is -2.12. The molecule has 0 aromatic heterocycles. The number of aliphatic carboxylic acids is 1. The van der Waals surface area contributed by atoms with Crippen molar-refractivity contribution in [2.45, 2.75) is 39.2 Å². The third-order valence-corrected chi connectivity index (χ3v) is 2.19. The van der Waals surface area contributed by atoms with Gasteiger partial charge in [0, 0.05) is 25.3 Å². The number of carbonyl (C=O) groups excluding carboxylic acids is 3. The number of carboxylic acid groups (broad SMARTS) is 1. The summed E-state index contributed by atoms with van der Waals surface area (Å²) < 4.78 is 0. The van der Waals surface area contributed by atoms with Crippen LogP contribution in [-0.4, -0.2) is 35.0 Å². The molecule has 8 nitrogen and oxygen atoms in total. The predicted octanol–water partition coefficient (Wildman–Crippen LogP) is -0.423. The van der Waals surface area contributed by atoms with E-state index in [0.29, 0.717) is 0 Å². The number of rotatable bonds is 7. The van der Waals surface area contributed by atoms with Gasteiger partial charge in [0.25, 0.3) is 0 Å². The Balaban J connectivity index is 4.02. The zero-order chi connectivity index (χ0) is 15.0. The van der Waals surface area contributed by atoms with Gasteiger partial charge in [-0.25, -0.2) is 4.79 Å². The van der Waals surface area contributed by atoms with E-state index in [9.17, 15) is 19.2 Å². The number of carbonyl (C=O) groups is 4. The van der Waals surface area contributed by atoms with Crippen LogP contribution in [0.2, 0.25) is 0 Å². The predicted molar refractivity (Wildman–Crippen MR) is 66.0 cm³/mol. The number of primary amides is 1. The number of hydrogen-bond donors (Lipinski definition) is 4. The minimum absolute atomic E-state index is 0.0307. The first-order chi connectivity index (χ1) is 8.70. The van der Waals surface area contributed by atoms with Crippen molar-refractivity contribution in [1.29, 1.82) is 0 Å². The number of nitrogens with two attached hydrogens (primary N) is 1. The number of nitrogens with one attached hydrogen (secondary N) is 2. The monoisotopic (exact) mass is 273 g/mol. The molecule has 0 aromatic rings. The molecule has 108 valence electrons. The van der Waals surface area contributed by atoms with Crippen molar-refractivity contribution in [1.82, 2.24) is 10.6 Å². The molecule has 0 bridgehead atoms. The number of carboxylic acids is 1. The lowest BCUT2D eigenvalue weighted by Gasteiger charge is -2.13. The lowest BCUT2D eigenvalue weighted by atomic mass is 10.0. The van der Waals surface area contributed by atoms with Crippen molar-refractivity contribution in [3.8, 4) is 0 Å². The van der Waals surface area contributed by atoms with Gasteiger partial charge in [0.1, 0.15) is 0 Å². The Kier molecular flexibility index (Phi) is 7.16. The van der Waals surface area contributed by atoms with Gasteiger partial charge in [-0.05, 0) is 12.8 Å². The van der Waals surface area contributed by atoms with E-state index in [1.807, 2.05) is 0 Å². The van der Waals surface area contributed by atoms with E-state index in [1.54, 1.807) is 13.8 Å². The first-order valence-corrected chi connectivity index (χ1v) is 5.81. The highest BCUT2D eigenvalue weighted by molar-refractivity contribution is 5.94. The fourth-order valence-corrected chi connectivity index (χ4v) is 1.48. The molecule has 8 heteroatoms. The van der Waals surface area contributed by atoms with Gasteiger partial charge in [-0.3, -0.25) is 19.7 Å². The normalized spacial score (nSPS) is 13.2. The minimum atomic E-state index is -1.00. The van der Waals surface area contributed by atoms with E-state index in [4.69, 9.17) is 10.8 Å². The summed E-state index contributed by atoms with van der Waals surface area (Å²) in [6.07, 6.45) is -0.242. The molecule has 0 saturated carbocycles.